The summed E-state index contributed by atoms with van der Waals surface area (Å²) < 4.78 is 31.3. The summed E-state index contributed by atoms with van der Waals surface area (Å²) in [6, 6.07) is 7.37. The van der Waals surface area contributed by atoms with Gasteiger partial charge < -0.3 is 10.1 Å². The van der Waals surface area contributed by atoms with Crippen LogP contribution in [-0.4, -0.2) is 38.5 Å². The Bertz CT molecular complexity index is 791. The summed E-state index contributed by atoms with van der Waals surface area (Å²) in [6.07, 6.45) is -1.07. The third-order valence-electron chi connectivity index (χ3n) is 2.88. The standard InChI is InChI=1S/C16H21N3O5S/c1-11(15(21)19-16(2,3)4)24-14(20)10-18-25(22,23)13-8-6-5-7-12(13)9-17/h5-8,11,18H,10H2,1-4H3,(H,19,21)/t11-/m0/s1. The lowest BCUT2D eigenvalue weighted by molar-refractivity contribution is -0.154. The Morgan fingerprint density at radius 1 is 1.28 bits per heavy atom. The van der Waals surface area contributed by atoms with E-state index < -0.39 is 40.1 Å². The van der Waals surface area contributed by atoms with E-state index in [4.69, 9.17) is 10.00 Å². The first-order chi connectivity index (χ1) is 11.5. The predicted octanol–water partition coefficient (Wildman–Crippen LogP) is 0.683. The fourth-order valence-corrected chi connectivity index (χ4v) is 2.91. The molecule has 0 fully saturated rings. The van der Waals surface area contributed by atoms with E-state index in [1.54, 1.807) is 26.8 Å². The van der Waals surface area contributed by atoms with Crippen LogP contribution in [0.3, 0.4) is 0 Å². The van der Waals surface area contributed by atoms with Gasteiger partial charge in [-0.2, -0.15) is 9.98 Å². The first kappa shape index (κ1) is 20.6. The minimum absolute atomic E-state index is 0.0405. The molecule has 8 nitrogen and oxygen atoms in total. The lowest BCUT2D eigenvalue weighted by atomic mass is 10.1. The molecule has 1 atom stereocenters. The molecule has 9 heteroatoms. The van der Waals surface area contributed by atoms with Crippen molar-refractivity contribution in [2.75, 3.05) is 6.54 Å². The fourth-order valence-electron chi connectivity index (χ4n) is 1.79. The van der Waals surface area contributed by atoms with Gasteiger partial charge in [0.25, 0.3) is 5.91 Å². The molecule has 0 unspecified atom stereocenters. The van der Waals surface area contributed by atoms with Gasteiger partial charge >= 0.3 is 5.97 Å². The van der Waals surface area contributed by atoms with Gasteiger partial charge in [-0.15, -0.1) is 0 Å². The van der Waals surface area contributed by atoms with E-state index in [1.807, 2.05) is 0 Å². The number of esters is 1. The van der Waals surface area contributed by atoms with Crippen molar-refractivity contribution in [2.45, 2.75) is 44.2 Å². The van der Waals surface area contributed by atoms with Crippen LogP contribution in [0, 0.1) is 11.3 Å². The molecule has 1 rings (SSSR count). The van der Waals surface area contributed by atoms with E-state index in [1.165, 1.54) is 31.2 Å². The number of nitrogens with one attached hydrogen (secondary N) is 2. The quantitative estimate of drug-likeness (QED) is 0.712. The van der Waals surface area contributed by atoms with Crippen molar-refractivity contribution in [1.82, 2.24) is 10.0 Å². The number of rotatable bonds is 6. The van der Waals surface area contributed by atoms with Crippen molar-refractivity contribution in [2.24, 2.45) is 0 Å². The SMILES string of the molecule is C[C@H](OC(=O)CNS(=O)(=O)c1ccccc1C#N)C(=O)NC(C)(C)C. The third-order valence-corrected chi connectivity index (χ3v) is 4.34. The maximum Gasteiger partial charge on any atom is 0.321 e. The van der Waals surface area contributed by atoms with Crippen LogP contribution in [0.4, 0.5) is 0 Å². The molecule has 25 heavy (non-hydrogen) atoms. The molecule has 1 aromatic carbocycles. The Labute approximate surface area is 147 Å². The lowest BCUT2D eigenvalue weighted by Crippen LogP contribution is -2.46. The zero-order valence-electron chi connectivity index (χ0n) is 14.5. The normalized spacial score (nSPS) is 12.8. The Balaban J connectivity index is 2.67. The topological polar surface area (TPSA) is 125 Å². The number of sulfonamides is 1. The van der Waals surface area contributed by atoms with Crippen molar-refractivity contribution in [1.29, 1.82) is 5.26 Å². The largest absolute Gasteiger partial charge is 0.452 e. The van der Waals surface area contributed by atoms with E-state index in [0.717, 1.165) is 0 Å². The van der Waals surface area contributed by atoms with E-state index in [0.29, 0.717) is 0 Å². The van der Waals surface area contributed by atoms with E-state index in [2.05, 4.69) is 10.0 Å². The summed E-state index contributed by atoms with van der Waals surface area (Å²) in [4.78, 5) is 23.4. The van der Waals surface area contributed by atoms with Gasteiger partial charge in [0.05, 0.1) is 10.5 Å². The van der Waals surface area contributed by atoms with Crippen molar-refractivity contribution in [3.63, 3.8) is 0 Å². The van der Waals surface area contributed by atoms with Crippen molar-refractivity contribution >= 4 is 21.9 Å². The third kappa shape index (κ3) is 6.52. The van der Waals surface area contributed by atoms with E-state index in [-0.39, 0.29) is 10.5 Å². The summed E-state index contributed by atoms with van der Waals surface area (Å²) in [5.74, 6) is -1.40. The number of hydrogen-bond acceptors (Lipinski definition) is 6. The fraction of sp³-hybridized carbons (Fsp3) is 0.438. The van der Waals surface area contributed by atoms with Crippen LogP contribution >= 0.6 is 0 Å². The van der Waals surface area contributed by atoms with Crippen LogP contribution in [0.1, 0.15) is 33.3 Å². The summed E-state index contributed by atoms with van der Waals surface area (Å²) in [5, 5.41) is 11.6. The van der Waals surface area contributed by atoms with Gasteiger partial charge in [0.2, 0.25) is 10.0 Å². The summed E-state index contributed by atoms with van der Waals surface area (Å²) in [7, 11) is -4.06. The number of benzene rings is 1. The summed E-state index contributed by atoms with van der Waals surface area (Å²) in [5.41, 5.74) is -0.526. The minimum atomic E-state index is -4.06. The highest BCUT2D eigenvalue weighted by Crippen LogP contribution is 2.13. The second-order valence-electron chi connectivity index (χ2n) is 6.30. The zero-order valence-corrected chi connectivity index (χ0v) is 15.3. The van der Waals surface area contributed by atoms with Crippen LogP contribution in [0.15, 0.2) is 29.2 Å². The average Bonchev–Trinajstić information content (AvgIpc) is 2.51. The van der Waals surface area contributed by atoms with Crippen molar-refractivity contribution in [3.05, 3.63) is 29.8 Å². The Morgan fingerprint density at radius 3 is 2.44 bits per heavy atom. The molecule has 0 aliphatic rings. The number of nitrogens with zero attached hydrogens (tertiary/aromatic N) is 1. The van der Waals surface area contributed by atoms with Crippen LogP contribution in [0.5, 0.6) is 0 Å². The van der Waals surface area contributed by atoms with Gasteiger partial charge in [0.1, 0.15) is 12.6 Å². The molecular formula is C16H21N3O5S. The maximum absolute atomic E-state index is 12.2. The highest BCUT2D eigenvalue weighted by molar-refractivity contribution is 7.89. The van der Waals surface area contributed by atoms with E-state index >= 15 is 0 Å². The Hall–Kier alpha value is -2.44. The molecule has 0 heterocycles. The molecule has 0 spiro atoms. The van der Waals surface area contributed by atoms with Gasteiger partial charge in [-0.25, -0.2) is 8.42 Å². The molecule has 1 aromatic rings. The van der Waals surface area contributed by atoms with Gasteiger partial charge in [-0.1, -0.05) is 12.1 Å². The smallest absolute Gasteiger partial charge is 0.321 e. The van der Waals surface area contributed by atoms with Gasteiger partial charge in [0.15, 0.2) is 6.10 Å². The molecule has 0 aromatic heterocycles. The van der Waals surface area contributed by atoms with Crippen LogP contribution in [-0.2, 0) is 24.3 Å². The zero-order chi connectivity index (χ0) is 19.3. The number of nitriles is 1. The first-order valence-corrected chi connectivity index (χ1v) is 8.95. The van der Waals surface area contributed by atoms with Gasteiger partial charge in [-0.05, 0) is 39.8 Å². The van der Waals surface area contributed by atoms with Gasteiger partial charge in [0, 0.05) is 5.54 Å². The van der Waals surface area contributed by atoms with Crippen molar-refractivity contribution < 1.29 is 22.7 Å². The van der Waals surface area contributed by atoms with Crippen LogP contribution < -0.4 is 10.0 Å². The van der Waals surface area contributed by atoms with Gasteiger partial charge in [-0.3, -0.25) is 9.59 Å². The number of carbonyl (C=O) groups excluding carboxylic acids is 2. The minimum Gasteiger partial charge on any atom is -0.452 e. The second kappa shape index (κ2) is 8.09. The molecule has 1 amide bonds. The monoisotopic (exact) mass is 367 g/mol. The number of carbonyl (C=O) groups is 2. The molecule has 0 saturated heterocycles. The van der Waals surface area contributed by atoms with Crippen molar-refractivity contribution in [3.8, 4) is 6.07 Å². The van der Waals surface area contributed by atoms with E-state index in [9.17, 15) is 18.0 Å². The molecule has 2 N–H and O–H groups in total. The Kier molecular flexibility index (Phi) is 6.67. The highest BCUT2D eigenvalue weighted by Gasteiger charge is 2.24. The average molecular weight is 367 g/mol. The molecule has 0 aliphatic carbocycles. The Morgan fingerprint density at radius 2 is 1.88 bits per heavy atom. The molecular weight excluding hydrogens is 346 g/mol. The lowest BCUT2D eigenvalue weighted by Gasteiger charge is -2.23. The molecule has 0 radical (unpaired) electrons. The predicted molar refractivity (Wildman–Crippen MR) is 89.8 cm³/mol. The summed E-state index contributed by atoms with van der Waals surface area (Å²) >= 11 is 0. The highest BCUT2D eigenvalue weighted by atomic mass is 32.2. The molecule has 0 bridgehead atoms. The molecule has 0 aliphatic heterocycles. The number of ether oxygens (including phenoxy) is 1. The first-order valence-electron chi connectivity index (χ1n) is 7.46. The number of amides is 1. The summed E-state index contributed by atoms with van der Waals surface area (Å²) in [6.45, 7) is 6.06. The second-order valence-corrected chi connectivity index (χ2v) is 8.04. The van der Waals surface area contributed by atoms with Crippen LogP contribution in [0.2, 0.25) is 0 Å². The maximum atomic E-state index is 12.2. The van der Waals surface area contributed by atoms with Crippen LogP contribution in [0.25, 0.3) is 0 Å². The molecule has 136 valence electrons. The molecule has 0 saturated carbocycles. The number of hydrogen-bond donors (Lipinski definition) is 2.